The molecule has 4 nitrogen and oxygen atoms in total. The first-order valence-corrected chi connectivity index (χ1v) is 14.0. The molecular weight excluding hydrogens is 296 g/mol. The van der Waals surface area contributed by atoms with Crippen LogP contribution in [0.15, 0.2) is 0 Å². The molecule has 0 bridgehead atoms. The van der Waals surface area contributed by atoms with Crippen molar-refractivity contribution >= 4 is 28.1 Å². The molecule has 0 aliphatic heterocycles. The van der Waals surface area contributed by atoms with E-state index >= 15 is 0 Å². The van der Waals surface area contributed by atoms with Gasteiger partial charge in [-0.15, -0.1) is 0 Å². The van der Waals surface area contributed by atoms with Crippen LogP contribution in [0.2, 0.25) is 13.1 Å². The van der Waals surface area contributed by atoms with Gasteiger partial charge in [0.15, 0.2) is 28.1 Å². The summed E-state index contributed by atoms with van der Waals surface area (Å²) in [7, 11) is 0.176. The van der Waals surface area contributed by atoms with Gasteiger partial charge < -0.3 is 17.6 Å². The van der Waals surface area contributed by atoms with Crippen molar-refractivity contribution in [1.82, 2.24) is 17.6 Å². The molecule has 7 heteroatoms. The van der Waals surface area contributed by atoms with Crippen molar-refractivity contribution in [2.75, 3.05) is 39.8 Å². The Bertz CT molecular complexity index is 220. The summed E-state index contributed by atoms with van der Waals surface area (Å²) in [5.41, 5.74) is 0. The van der Waals surface area contributed by atoms with Crippen LogP contribution in [0.3, 0.4) is 0 Å². The Morgan fingerprint density at radius 1 is 0.700 bits per heavy atom. The first-order valence-electron chi connectivity index (χ1n) is 8.38. The van der Waals surface area contributed by atoms with E-state index in [2.05, 4.69) is 72.4 Å². The van der Waals surface area contributed by atoms with Crippen LogP contribution in [0.4, 0.5) is 0 Å². The lowest BCUT2D eigenvalue weighted by Gasteiger charge is -2.44. The monoisotopic (exact) mass is 334 g/mol. The zero-order valence-corrected chi connectivity index (χ0v) is 18.9. The first kappa shape index (κ1) is 20.5. The fourth-order valence-corrected chi connectivity index (χ4v) is 15.1. The molecule has 0 aromatic carbocycles. The predicted molar refractivity (Wildman–Crippen MR) is 101 cm³/mol. The topological polar surface area (TPSA) is 13.0 Å². The Hall–Kier alpha value is 0.491. The Morgan fingerprint density at radius 3 is 1.30 bits per heavy atom. The molecule has 0 fully saturated rings. The molecule has 2 unspecified atom stereocenters. The Morgan fingerprint density at radius 2 is 1.05 bits per heavy atom. The number of nitrogens with zero attached hydrogens (tertiary/aromatic N) is 4. The molecule has 0 rings (SSSR count). The fraction of sp³-hybridized carbons (Fsp3) is 1.00. The highest BCUT2D eigenvalue weighted by molar-refractivity contribution is 6.78. The van der Waals surface area contributed by atoms with Gasteiger partial charge in [0.2, 0.25) is 0 Å². The van der Waals surface area contributed by atoms with Gasteiger partial charge in [-0.25, -0.2) is 0 Å². The summed E-state index contributed by atoms with van der Waals surface area (Å²) in [6.07, 6.45) is 0. The highest BCUT2D eigenvalue weighted by atomic mass is 28.4. The summed E-state index contributed by atoms with van der Waals surface area (Å²) in [5, 5.41) is 0. The molecule has 0 N–H and O–H groups in total. The van der Waals surface area contributed by atoms with Crippen molar-refractivity contribution in [3.05, 3.63) is 0 Å². The normalized spacial score (nSPS) is 16.2. The molecule has 0 aliphatic rings. The zero-order chi connectivity index (χ0) is 15.7. The second kappa shape index (κ2) is 11.1. The smallest absolute Gasteiger partial charge is 0.174 e. The summed E-state index contributed by atoms with van der Waals surface area (Å²) in [6, 6.07) is 0. The van der Waals surface area contributed by atoms with Crippen LogP contribution < -0.4 is 0 Å². The van der Waals surface area contributed by atoms with E-state index in [1.165, 1.54) is 32.7 Å². The molecule has 0 amide bonds. The molecule has 0 radical (unpaired) electrons. The minimum atomic E-state index is -0.937. The third-order valence-electron chi connectivity index (χ3n) is 4.59. The lowest BCUT2D eigenvalue weighted by molar-refractivity contribution is 0.428. The van der Waals surface area contributed by atoms with E-state index in [9.17, 15) is 0 Å². The minimum absolute atomic E-state index is 0.261. The van der Waals surface area contributed by atoms with Crippen molar-refractivity contribution in [1.29, 1.82) is 0 Å². The van der Waals surface area contributed by atoms with Crippen LogP contribution in [0, 0.1) is 0 Å². The van der Waals surface area contributed by atoms with Crippen molar-refractivity contribution < 1.29 is 0 Å². The second-order valence-electron chi connectivity index (χ2n) is 5.53. The van der Waals surface area contributed by atoms with Crippen molar-refractivity contribution in [3.63, 3.8) is 0 Å². The standard InChI is InChI=1S/C13H38N4Si3/c1-9-14(6)18-17(19(7)15(10-2)11-3)20(8)16(12-4)13-5/h19-20H,9-13,18H2,1-8H3. The lowest BCUT2D eigenvalue weighted by Crippen LogP contribution is -2.64. The van der Waals surface area contributed by atoms with Gasteiger partial charge >= 0.3 is 0 Å². The van der Waals surface area contributed by atoms with E-state index in [-0.39, 0.29) is 9.84 Å². The van der Waals surface area contributed by atoms with Gasteiger partial charge in [-0.05, 0) is 52.9 Å². The predicted octanol–water partition coefficient (Wildman–Crippen LogP) is 0.623. The highest BCUT2D eigenvalue weighted by Crippen LogP contribution is 2.08. The maximum Gasteiger partial charge on any atom is 0.174 e. The Labute approximate surface area is 133 Å². The SMILES string of the molecule is CCN(C)[SiH2]N([SiH](C)N(CC)CC)[SiH](C)N(CC)CC. The average Bonchev–Trinajstić information content (AvgIpc) is 2.46. The third-order valence-corrected chi connectivity index (χ3v) is 18.1. The second-order valence-corrected chi connectivity index (χ2v) is 15.0. The minimum Gasteiger partial charge on any atom is -0.342 e. The van der Waals surface area contributed by atoms with Crippen molar-refractivity contribution in [3.8, 4) is 0 Å². The third kappa shape index (κ3) is 6.08. The van der Waals surface area contributed by atoms with Gasteiger partial charge in [0.1, 0.15) is 0 Å². The summed E-state index contributed by atoms with van der Waals surface area (Å²) in [6.45, 7) is 22.7. The van der Waals surface area contributed by atoms with Crippen LogP contribution in [0.5, 0.6) is 0 Å². The molecule has 0 heterocycles. The summed E-state index contributed by atoms with van der Waals surface area (Å²) in [4.78, 5) is 0. The largest absolute Gasteiger partial charge is 0.342 e. The van der Waals surface area contributed by atoms with E-state index in [0.29, 0.717) is 0 Å². The highest BCUT2D eigenvalue weighted by Gasteiger charge is 2.29. The van der Waals surface area contributed by atoms with Crippen molar-refractivity contribution in [2.24, 2.45) is 0 Å². The lowest BCUT2D eigenvalue weighted by atomic mass is 10.7. The van der Waals surface area contributed by atoms with Crippen LogP contribution >= 0.6 is 0 Å². The average molecular weight is 335 g/mol. The maximum absolute atomic E-state index is 3.03. The molecule has 122 valence electrons. The van der Waals surface area contributed by atoms with Crippen molar-refractivity contribution in [2.45, 2.75) is 47.7 Å². The molecule has 2 atom stereocenters. The van der Waals surface area contributed by atoms with Gasteiger partial charge in [0, 0.05) is 0 Å². The molecule has 20 heavy (non-hydrogen) atoms. The van der Waals surface area contributed by atoms with Gasteiger partial charge in [0.05, 0.1) is 0 Å². The van der Waals surface area contributed by atoms with Crippen LogP contribution in [-0.4, -0.2) is 85.4 Å². The summed E-state index contributed by atoms with van der Waals surface area (Å²) in [5.74, 6) is 0. The Kier molecular flexibility index (Phi) is 11.4. The maximum atomic E-state index is 3.03. The Balaban J connectivity index is 5.04. The number of hydrogen-bond acceptors (Lipinski definition) is 4. The van der Waals surface area contributed by atoms with Gasteiger partial charge in [-0.1, -0.05) is 34.6 Å². The van der Waals surface area contributed by atoms with Crippen LogP contribution in [-0.2, 0) is 0 Å². The number of rotatable bonds is 11. The van der Waals surface area contributed by atoms with Gasteiger partial charge in [-0.3, -0.25) is 0 Å². The summed E-state index contributed by atoms with van der Waals surface area (Å²) >= 11 is 0. The van der Waals surface area contributed by atoms with E-state index in [1.54, 1.807) is 0 Å². The molecular formula is C13H38N4Si3. The van der Waals surface area contributed by atoms with E-state index in [4.69, 9.17) is 0 Å². The fourth-order valence-electron chi connectivity index (χ4n) is 2.85. The molecule has 0 aromatic heterocycles. The van der Waals surface area contributed by atoms with Gasteiger partial charge in [-0.2, -0.15) is 0 Å². The van der Waals surface area contributed by atoms with E-state index < -0.39 is 18.2 Å². The zero-order valence-electron chi connectivity index (χ0n) is 15.2. The van der Waals surface area contributed by atoms with Gasteiger partial charge in [0.25, 0.3) is 0 Å². The van der Waals surface area contributed by atoms with E-state index in [1.807, 2.05) is 0 Å². The molecule has 0 saturated heterocycles. The molecule has 0 aromatic rings. The van der Waals surface area contributed by atoms with Crippen LogP contribution in [0.25, 0.3) is 0 Å². The molecule has 0 saturated carbocycles. The quantitative estimate of drug-likeness (QED) is 0.514. The summed E-state index contributed by atoms with van der Waals surface area (Å²) < 4.78 is 11.1. The van der Waals surface area contributed by atoms with E-state index in [0.717, 1.165) is 0 Å². The number of hydrogen-bond donors (Lipinski definition) is 0. The first-order chi connectivity index (χ1) is 9.46. The van der Waals surface area contributed by atoms with Crippen LogP contribution in [0.1, 0.15) is 34.6 Å². The molecule has 0 spiro atoms. The molecule has 0 aliphatic carbocycles.